The maximum absolute atomic E-state index is 12.8. The van der Waals surface area contributed by atoms with Crippen molar-refractivity contribution >= 4 is 34.0 Å². The van der Waals surface area contributed by atoms with E-state index in [1.54, 1.807) is 24.3 Å². The lowest BCUT2D eigenvalue weighted by atomic mass is 10.2. The molecule has 0 saturated carbocycles. The first-order valence-electron chi connectivity index (χ1n) is 5.35. The van der Waals surface area contributed by atoms with E-state index in [4.69, 9.17) is 0 Å². The minimum absolute atomic E-state index is 0.162. The molecule has 1 heterocycles. The van der Waals surface area contributed by atoms with E-state index in [0.29, 0.717) is 4.90 Å². The molecule has 0 atom stereocenters. The molecular weight excluding hydrogens is 357 g/mol. The summed E-state index contributed by atoms with van der Waals surface area (Å²) in [5, 5.41) is 3.56. The van der Waals surface area contributed by atoms with E-state index in [1.165, 1.54) is 7.05 Å². The Morgan fingerprint density at radius 2 is 1.90 bits per heavy atom. The average molecular weight is 365 g/mol. The maximum atomic E-state index is 12.8. The number of hydrogen-bond acceptors (Lipinski definition) is 3. The van der Waals surface area contributed by atoms with Crippen molar-refractivity contribution in [3.63, 3.8) is 0 Å². The van der Waals surface area contributed by atoms with Crippen molar-refractivity contribution in [2.45, 2.75) is 16.1 Å². The van der Waals surface area contributed by atoms with Crippen molar-refractivity contribution < 1.29 is 18.0 Å². The number of halogens is 4. The predicted molar refractivity (Wildman–Crippen MR) is 71.9 cm³/mol. The van der Waals surface area contributed by atoms with E-state index in [2.05, 4.69) is 21.0 Å². The summed E-state index contributed by atoms with van der Waals surface area (Å²) >= 11 is 4.33. The molecule has 0 spiro atoms. The minimum atomic E-state index is -4.65. The number of carbonyl (C=O) groups excluding carboxylic acids is 1. The van der Waals surface area contributed by atoms with Crippen molar-refractivity contribution in [3.05, 3.63) is 40.0 Å². The van der Waals surface area contributed by atoms with Crippen LogP contribution in [-0.2, 0) is 13.2 Å². The average Bonchev–Trinajstić information content (AvgIpc) is 2.69. The lowest BCUT2D eigenvalue weighted by Crippen LogP contribution is -2.09. The van der Waals surface area contributed by atoms with E-state index < -0.39 is 17.4 Å². The molecule has 3 nitrogen and oxygen atoms in total. The van der Waals surface area contributed by atoms with Crippen molar-refractivity contribution in [3.8, 4) is 0 Å². The number of aromatic nitrogens is 2. The molecule has 0 unspecified atom stereocenters. The molecular formula is C12H8BrF3N2OS. The number of nitrogens with zero attached hydrogens (tertiary/aromatic N) is 2. The van der Waals surface area contributed by atoms with Crippen molar-refractivity contribution in [1.82, 2.24) is 9.78 Å². The fourth-order valence-corrected chi connectivity index (χ4v) is 2.76. The summed E-state index contributed by atoms with van der Waals surface area (Å²) in [6, 6.07) is 7.01. The summed E-state index contributed by atoms with van der Waals surface area (Å²) < 4.78 is 40.2. The molecule has 0 saturated heterocycles. The Morgan fingerprint density at radius 3 is 2.40 bits per heavy atom. The monoisotopic (exact) mass is 364 g/mol. The molecule has 0 aliphatic rings. The summed E-state index contributed by atoms with van der Waals surface area (Å²) in [6.07, 6.45) is -4.45. The van der Waals surface area contributed by atoms with Crippen molar-refractivity contribution in [1.29, 1.82) is 0 Å². The van der Waals surface area contributed by atoms with Gasteiger partial charge in [0.25, 0.3) is 0 Å². The van der Waals surface area contributed by atoms with Gasteiger partial charge in [0.2, 0.25) is 0 Å². The quantitative estimate of drug-likeness (QED) is 0.766. The molecule has 0 aliphatic heterocycles. The van der Waals surface area contributed by atoms with Crippen LogP contribution < -0.4 is 0 Å². The highest BCUT2D eigenvalue weighted by Gasteiger charge is 2.39. The number of benzene rings is 1. The van der Waals surface area contributed by atoms with E-state index >= 15 is 0 Å². The largest absolute Gasteiger partial charge is 0.435 e. The van der Waals surface area contributed by atoms with Gasteiger partial charge in [0.15, 0.2) is 12.0 Å². The van der Waals surface area contributed by atoms with E-state index in [-0.39, 0.29) is 11.3 Å². The Balaban J connectivity index is 2.44. The molecule has 1 aromatic heterocycles. The second-order valence-electron chi connectivity index (χ2n) is 3.86. The Hall–Kier alpha value is -1.28. The third kappa shape index (κ3) is 3.06. The molecule has 0 radical (unpaired) electrons. The Morgan fingerprint density at radius 1 is 1.30 bits per heavy atom. The summed E-state index contributed by atoms with van der Waals surface area (Å²) in [5.41, 5.74) is -1.59. The second-order valence-corrected chi connectivity index (χ2v) is 5.84. The van der Waals surface area contributed by atoms with E-state index in [9.17, 15) is 18.0 Å². The van der Waals surface area contributed by atoms with Gasteiger partial charge in [-0.2, -0.15) is 18.3 Å². The third-order valence-electron chi connectivity index (χ3n) is 2.44. The molecule has 0 amide bonds. The molecule has 0 aliphatic carbocycles. The van der Waals surface area contributed by atoms with Gasteiger partial charge in [-0.25, -0.2) is 0 Å². The van der Waals surface area contributed by atoms with Crippen LogP contribution in [0.5, 0.6) is 0 Å². The van der Waals surface area contributed by atoms with E-state index in [0.717, 1.165) is 20.9 Å². The minimum Gasteiger partial charge on any atom is -0.298 e. The highest BCUT2D eigenvalue weighted by atomic mass is 79.9. The van der Waals surface area contributed by atoms with Crippen LogP contribution in [0.15, 0.2) is 38.7 Å². The predicted octanol–water partition coefficient (Wildman–Crippen LogP) is 4.17. The molecule has 0 bridgehead atoms. The first-order chi connectivity index (χ1) is 9.32. The van der Waals surface area contributed by atoms with Gasteiger partial charge < -0.3 is 0 Å². The smallest absolute Gasteiger partial charge is 0.298 e. The highest BCUT2D eigenvalue weighted by Crippen LogP contribution is 2.37. The van der Waals surface area contributed by atoms with Crippen molar-refractivity contribution in [2.75, 3.05) is 0 Å². The summed E-state index contributed by atoms with van der Waals surface area (Å²) in [6.45, 7) is 0. The zero-order valence-corrected chi connectivity index (χ0v) is 12.5. The lowest BCUT2D eigenvalue weighted by Gasteiger charge is -2.04. The Bertz CT molecular complexity index is 637. The molecule has 0 N–H and O–H groups in total. The first kappa shape index (κ1) is 15.1. The third-order valence-corrected chi connectivity index (χ3v) is 4.16. The van der Waals surface area contributed by atoms with Gasteiger partial charge in [-0.05, 0) is 24.3 Å². The summed E-state index contributed by atoms with van der Waals surface area (Å²) in [5.74, 6) is 0. The summed E-state index contributed by atoms with van der Waals surface area (Å²) in [7, 11) is 1.38. The normalized spacial score (nSPS) is 11.7. The Labute approximate surface area is 125 Å². The SMILES string of the molecule is Cn1nc(C(F)(F)F)c(C=O)c1Sc1ccc(Br)cc1. The zero-order chi connectivity index (χ0) is 14.9. The van der Waals surface area contributed by atoms with E-state index in [1.807, 2.05) is 0 Å². The van der Waals surface area contributed by atoms with Crippen LogP contribution in [0.1, 0.15) is 16.1 Å². The van der Waals surface area contributed by atoms with Gasteiger partial charge in [0, 0.05) is 16.4 Å². The number of alkyl halides is 3. The van der Waals surface area contributed by atoms with Gasteiger partial charge in [0.1, 0.15) is 5.03 Å². The van der Waals surface area contributed by atoms with Crippen molar-refractivity contribution in [2.24, 2.45) is 7.05 Å². The maximum Gasteiger partial charge on any atom is 0.435 e. The van der Waals surface area contributed by atoms with Gasteiger partial charge in [0.05, 0.1) is 5.56 Å². The molecule has 20 heavy (non-hydrogen) atoms. The fraction of sp³-hybridized carbons (Fsp3) is 0.167. The van der Waals surface area contributed by atoms with Gasteiger partial charge in [-0.15, -0.1) is 0 Å². The van der Waals surface area contributed by atoms with Crippen LogP contribution in [0.3, 0.4) is 0 Å². The van der Waals surface area contributed by atoms with Gasteiger partial charge >= 0.3 is 6.18 Å². The molecule has 1 aromatic carbocycles. The van der Waals surface area contributed by atoms with Crippen LogP contribution in [0, 0.1) is 0 Å². The molecule has 8 heteroatoms. The number of aryl methyl sites for hydroxylation is 1. The number of carbonyl (C=O) groups is 1. The van der Waals surface area contributed by atoms with Crippen LogP contribution in [-0.4, -0.2) is 16.1 Å². The molecule has 0 fully saturated rings. The molecule has 2 aromatic rings. The van der Waals surface area contributed by atoms with Crippen LogP contribution >= 0.6 is 27.7 Å². The zero-order valence-electron chi connectivity index (χ0n) is 10.1. The second kappa shape index (κ2) is 5.61. The van der Waals surface area contributed by atoms with Gasteiger partial charge in [-0.1, -0.05) is 27.7 Å². The summed E-state index contributed by atoms with van der Waals surface area (Å²) in [4.78, 5) is 11.7. The topological polar surface area (TPSA) is 34.9 Å². The number of aldehydes is 1. The Kier molecular flexibility index (Phi) is 4.24. The molecule has 106 valence electrons. The van der Waals surface area contributed by atoms with Crippen LogP contribution in [0.2, 0.25) is 0 Å². The lowest BCUT2D eigenvalue weighted by molar-refractivity contribution is -0.141. The first-order valence-corrected chi connectivity index (χ1v) is 6.96. The fourth-order valence-electron chi connectivity index (χ4n) is 1.58. The van der Waals surface area contributed by atoms with Crippen LogP contribution in [0.25, 0.3) is 0 Å². The number of rotatable bonds is 3. The molecule has 2 rings (SSSR count). The standard InChI is InChI=1S/C12H8BrF3N2OS/c1-18-11(20-8-4-2-7(13)3-5-8)9(6-19)10(17-18)12(14,15)16/h2-6H,1H3. The number of hydrogen-bond donors (Lipinski definition) is 0. The highest BCUT2D eigenvalue weighted by molar-refractivity contribution is 9.10. The van der Waals surface area contributed by atoms with Crippen LogP contribution in [0.4, 0.5) is 13.2 Å². The van der Waals surface area contributed by atoms with Gasteiger partial charge in [-0.3, -0.25) is 9.48 Å².